The van der Waals surface area contributed by atoms with Crippen molar-refractivity contribution in [2.24, 2.45) is 10.9 Å². The summed E-state index contributed by atoms with van der Waals surface area (Å²) in [4.78, 5) is 22.1. The zero-order valence-electron chi connectivity index (χ0n) is 19.3. The lowest BCUT2D eigenvalue weighted by Crippen LogP contribution is -2.42. The van der Waals surface area contributed by atoms with E-state index in [0.29, 0.717) is 23.7 Å². The van der Waals surface area contributed by atoms with E-state index in [-0.39, 0.29) is 12.3 Å². The van der Waals surface area contributed by atoms with Crippen LogP contribution in [0.3, 0.4) is 0 Å². The number of carbonyl (C=O) groups is 1. The first-order valence-electron chi connectivity index (χ1n) is 11.2. The van der Waals surface area contributed by atoms with Crippen molar-refractivity contribution in [1.82, 2.24) is 15.2 Å². The summed E-state index contributed by atoms with van der Waals surface area (Å²) in [6.45, 7) is 8.79. The molecule has 1 aliphatic rings. The molecule has 0 aliphatic carbocycles. The van der Waals surface area contributed by atoms with Crippen molar-refractivity contribution in [1.29, 1.82) is 0 Å². The summed E-state index contributed by atoms with van der Waals surface area (Å²) in [5.41, 5.74) is 2.89. The van der Waals surface area contributed by atoms with Crippen molar-refractivity contribution < 1.29 is 14.6 Å². The molecule has 9 nitrogen and oxygen atoms in total. The molecule has 2 heterocycles. The first-order chi connectivity index (χ1) is 15.4. The number of benzene rings is 1. The number of aliphatic carboxylic acids is 1. The number of ether oxygens (including phenoxy) is 1. The maximum Gasteiger partial charge on any atom is 0.303 e. The smallest absolute Gasteiger partial charge is 0.303 e. The topological polar surface area (TPSA) is 116 Å². The lowest BCUT2D eigenvalue weighted by molar-refractivity contribution is -0.137. The third-order valence-electron chi connectivity index (χ3n) is 5.57. The number of anilines is 3. The Balaban J connectivity index is 1.99. The average molecular weight is 443 g/mol. The SMILES string of the molecule is CN=Cc1nc(Nc2cc([C@H](C)CC(=O)O)ccc2N(CC(C)C)C2CCOCC2)n[nH]1. The van der Waals surface area contributed by atoms with Crippen LogP contribution in [-0.2, 0) is 9.53 Å². The number of hydrogen-bond donors (Lipinski definition) is 3. The molecule has 3 N–H and O–H groups in total. The van der Waals surface area contributed by atoms with E-state index in [2.05, 4.69) is 50.3 Å². The minimum atomic E-state index is -0.808. The highest BCUT2D eigenvalue weighted by Crippen LogP contribution is 2.35. The molecular formula is C23H34N6O3. The first-order valence-corrected chi connectivity index (χ1v) is 11.2. The summed E-state index contributed by atoms with van der Waals surface area (Å²) in [5.74, 6) is 0.569. The van der Waals surface area contributed by atoms with E-state index in [1.807, 2.05) is 19.1 Å². The van der Waals surface area contributed by atoms with Gasteiger partial charge in [0, 0.05) is 32.8 Å². The van der Waals surface area contributed by atoms with Crippen LogP contribution >= 0.6 is 0 Å². The van der Waals surface area contributed by atoms with E-state index in [0.717, 1.165) is 49.5 Å². The fourth-order valence-electron chi connectivity index (χ4n) is 4.06. The third kappa shape index (κ3) is 6.29. The second-order valence-electron chi connectivity index (χ2n) is 8.72. The van der Waals surface area contributed by atoms with Crippen LogP contribution < -0.4 is 10.2 Å². The van der Waals surface area contributed by atoms with E-state index < -0.39 is 5.97 Å². The molecule has 0 radical (unpaired) electrons. The Bertz CT molecular complexity index is 920. The van der Waals surface area contributed by atoms with Gasteiger partial charge in [-0.05, 0) is 42.4 Å². The van der Waals surface area contributed by atoms with E-state index in [1.54, 1.807) is 13.3 Å². The molecule has 174 valence electrons. The van der Waals surface area contributed by atoms with Crippen LogP contribution in [0.5, 0.6) is 0 Å². The highest BCUT2D eigenvalue weighted by molar-refractivity contribution is 5.77. The zero-order valence-corrected chi connectivity index (χ0v) is 19.3. The number of nitrogens with zero attached hydrogens (tertiary/aromatic N) is 4. The van der Waals surface area contributed by atoms with Gasteiger partial charge >= 0.3 is 5.97 Å². The summed E-state index contributed by atoms with van der Waals surface area (Å²) in [6, 6.07) is 6.53. The molecule has 0 spiro atoms. The van der Waals surface area contributed by atoms with Crippen molar-refractivity contribution in [2.75, 3.05) is 37.0 Å². The number of aromatic amines is 1. The molecule has 1 saturated heterocycles. The minimum absolute atomic E-state index is 0.0756. The second kappa shape index (κ2) is 11.1. The highest BCUT2D eigenvalue weighted by atomic mass is 16.5. The fourth-order valence-corrected chi connectivity index (χ4v) is 4.06. The van der Waals surface area contributed by atoms with Crippen molar-refractivity contribution in [3.8, 4) is 0 Å². The summed E-state index contributed by atoms with van der Waals surface area (Å²) in [5, 5.41) is 19.7. The van der Waals surface area contributed by atoms with E-state index in [9.17, 15) is 9.90 Å². The van der Waals surface area contributed by atoms with E-state index >= 15 is 0 Å². The van der Waals surface area contributed by atoms with Gasteiger partial charge in [0.25, 0.3) is 0 Å². The van der Waals surface area contributed by atoms with Crippen LogP contribution in [-0.4, -0.2) is 65.3 Å². The zero-order chi connectivity index (χ0) is 23.1. The Morgan fingerprint density at radius 3 is 2.78 bits per heavy atom. The van der Waals surface area contributed by atoms with Crippen LogP contribution in [0.15, 0.2) is 23.2 Å². The monoisotopic (exact) mass is 442 g/mol. The number of hydrogen-bond acceptors (Lipinski definition) is 7. The summed E-state index contributed by atoms with van der Waals surface area (Å²) < 4.78 is 5.60. The molecule has 1 aromatic carbocycles. The van der Waals surface area contributed by atoms with Crippen molar-refractivity contribution in [2.45, 2.75) is 52.0 Å². The second-order valence-corrected chi connectivity index (χ2v) is 8.72. The van der Waals surface area contributed by atoms with Gasteiger partial charge in [0.15, 0.2) is 5.82 Å². The molecule has 1 atom stereocenters. The molecular weight excluding hydrogens is 408 g/mol. The van der Waals surface area contributed by atoms with Gasteiger partial charge < -0.3 is 20.1 Å². The molecule has 1 aromatic heterocycles. The summed E-state index contributed by atoms with van der Waals surface area (Å²) in [7, 11) is 1.68. The van der Waals surface area contributed by atoms with Crippen LogP contribution in [0.2, 0.25) is 0 Å². The van der Waals surface area contributed by atoms with Gasteiger partial charge in [0.05, 0.1) is 24.0 Å². The van der Waals surface area contributed by atoms with E-state index in [1.165, 1.54) is 0 Å². The van der Waals surface area contributed by atoms with Gasteiger partial charge in [-0.15, -0.1) is 5.10 Å². The number of aliphatic imine (C=N–C) groups is 1. The van der Waals surface area contributed by atoms with Gasteiger partial charge in [-0.2, -0.15) is 4.98 Å². The maximum absolute atomic E-state index is 11.3. The van der Waals surface area contributed by atoms with Gasteiger partial charge in [0.2, 0.25) is 5.95 Å². The Morgan fingerprint density at radius 1 is 1.38 bits per heavy atom. The molecule has 0 amide bonds. The van der Waals surface area contributed by atoms with Gasteiger partial charge in [-0.3, -0.25) is 14.9 Å². The number of carboxylic acid groups (broad SMARTS) is 1. The Morgan fingerprint density at radius 2 is 2.12 bits per heavy atom. The van der Waals surface area contributed by atoms with Crippen LogP contribution in [0, 0.1) is 5.92 Å². The Labute approximate surface area is 189 Å². The van der Waals surface area contributed by atoms with Crippen molar-refractivity contribution in [3.63, 3.8) is 0 Å². The lowest BCUT2D eigenvalue weighted by atomic mass is 9.95. The van der Waals surface area contributed by atoms with Gasteiger partial charge in [0.1, 0.15) is 0 Å². The molecule has 3 rings (SSSR count). The molecule has 9 heteroatoms. The lowest BCUT2D eigenvalue weighted by Gasteiger charge is -2.38. The van der Waals surface area contributed by atoms with Gasteiger partial charge in [-0.25, -0.2) is 0 Å². The quantitative estimate of drug-likeness (QED) is 0.479. The number of carboxylic acids is 1. The highest BCUT2D eigenvalue weighted by Gasteiger charge is 2.25. The summed E-state index contributed by atoms with van der Waals surface area (Å²) in [6.07, 6.45) is 3.63. The predicted molar refractivity (Wildman–Crippen MR) is 126 cm³/mol. The average Bonchev–Trinajstić information content (AvgIpc) is 3.19. The van der Waals surface area contributed by atoms with Crippen LogP contribution in [0.25, 0.3) is 0 Å². The molecule has 0 saturated carbocycles. The Hall–Kier alpha value is -2.94. The molecule has 0 unspecified atom stereocenters. The van der Waals surface area contributed by atoms with Crippen LogP contribution in [0.4, 0.5) is 17.3 Å². The van der Waals surface area contributed by atoms with Crippen molar-refractivity contribution >= 4 is 29.5 Å². The normalized spacial score (nSPS) is 15.9. The van der Waals surface area contributed by atoms with E-state index in [4.69, 9.17) is 4.74 Å². The number of nitrogens with one attached hydrogen (secondary N) is 2. The van der Waals surface area contributed by atoms with Crippen molar-refractivity contribution in [3.05, 3.63) is 29.6 Å². The third-order valence-corrected chi connectivity index (χ3v) is 5.57. The number of rotatable bonds is 10. The largest absolute Gasteiger partial charge is 0.481 e. The molecule has 1 aliphatic heterocycles. The molecule has 32 heavy (non-hydrogen) atoms. The van der Waals surface area contributed by atoms with Crippen LogP contribution in [0.1, 0.15) is 57.3 Å². The first kappa shape index (κ1) is 23.7. The van der Waals surface area contributed by atoms with Gasteiger partial charge in [-0.1, -0.05) is 26.8 Å². The molecule has 1 fully saturated rings. The molecule has 0 bridgehead atoms. The summed E-state index contributed by atoms with van der Waals surface area (Å²) >= 11 is 0. The standard InChI is InChI=1S/C23H34N6O3/c1-15(2)14-29(18-7-9-32-10-8-18)20-6-5-17(16(3)11-22(30)31)12-19(20)25-23-26-21(13-24-4)27-28-23/h5-6,12-13,15-16,18H,7-11,14H2,1-4H3,(H,30,31)(H2,25,26,27,28)/t16-/m1/s1. The Kier molecular flexibility index (Phi) is 8.21. The fraction of sp³-hybridized carbons (Fsp3) is 0.565. The number of H-pyrrole nitrogens is 1. The minimum Gasteiger partial charge on any atom is -0.481 e. The predicted octanol–water partition coefficient (Wildman–Crippen LogP) is 3.82. The number of aromatic nitrogens is 3. The molecule has 2 aromatic rings. The maximum atomic E-state index is 11.3.